The Kier molecular flexibility index (Phi) is 111. The normalized spacial score (nSPS) is 5.56. The van der Waals surface area contributed by atoms with Crippen molar-refractivity contribution >= 4 is 50.4 Å². The molecular weight excluding hydrogens is 1140 g/mol. The predicted octanol–water partition coefficient (Wildman–Crippen LogP) is -9.34. The summed E-state index contributed by atoms with van der Waals surface area (Å²) >= 11 is -25.2. The van der Waals surface area contributed by atoms with Crippen molar-refractivity contribution in [1.82, 2.24) is 0 Å². The summed E-state index contributed by atoms with van der Waals surface area (Å²) in [4.78, 5) is 0. The molecule has 0 heterocycles. The second kappa shape index (κ2) is 52.1. The van der Waals surface area contributed by atoms with Crippen LogP contribution in [0.4, 0.5) is 0 Å². The maximum absolute atomic E-state index is 8.60. The van der Waals surface area contributed by atoms with Gasteiger partial charge in [0.1, 0.15) is 0 Å². The summed E-state index contributed by atoms with van der Waals surface area (Å²) in [6.45, 7) is 0. The Morgan fingerprint density at radius 1 is 0.333 bits per heavy atom. The smallest absolute Gasteiger partial charge is 2.00 e. The Balaban J connectivity index is -0.0000000201. The fraction of sp³-hybridized carbons (Fsp3) is 0. The van der Waals surface area contributed by atoms with E-state index in [0.29, 0.717) is 0 Å². The van der Waals surface area contributed by atoms with Crippen LogP contribution in [0.1, 0.15) is 0 Å². The Bertz CT molecular complexity index is 484. The first-order valence-electron chi connectivity index (χ1n) is 3.29. The molecule has 0 spiro atoms. The van der Waals surface area contributed by atoms with Gasteiger partial charge in [-0.2, -0.15) is 0 Å². The van der Waals surface area contributed by atoms with Crippen LogP contribution in [0.3, 0.4) is 0 Å². The summed E-state index contributed by atoms with van der Waals surface area (Å²) in [7, 11) is 0. The number of rotatable bonds is 0. The Labute approximate surface area is 235 Å². The molecule has 0 aliphatic rings. The molecular formula is MgNb6NiO18Pb. The van der Waals surface area contributed by atoms with Crippen LogP contribution >= 0.6 is 0 Å². The van der Waals surface area contributed by atoms with E-state index in [-0.39, 0.29) is 66.8 Å². The van der Waals surface area contributed by atoms with Gasteiger partial charge >= 0.3 is 240 Å². The van der Waals surface area contributed by atoms with Gasteiger partial charge in [0.15, 0.2) is 0 Å². The van der Waals surface area contributed by atoms with Crippen molar-refractivity contribution in [2.24, 2.45) is 0 Å². The maximum atomic E-state index is 8.60. The third kappa shape index (κ3) is 1480. The SMILES string of the molecule is [Mg+2].[Ni+2].[O]=[Nb](=[O])[O-].[O]=[Nb](=[O])[O-].[O]=[Nb](=[O])[O-].[O]=[Nb](=[O])[O-].[O]=[Nb](=[O])[O-].[O]=[Nb](=[O])[O-].[Pb+2]. The molecule has 0 aromatic rings. The van der Waals surface area contributed by atoms with E-state index in [1.54, 1.807) is 0 Å². The van der Waals surface area contributed by atoms with Crippen LogP contribution in [0.15, 0.2) is 0 Å². The third-order valence-corrected chi connectivity index (χ3v) is 0. The van der Waals surface area contributed by atoms with Crippen LogP contribution in [0.25, 0.3) is 0 Å². The standard InChI is InChI=1S/Mg.6Nb.Ni.18O.Pb/q+2;;;;;;;+2;;;;;;;;;;;;;6*-1;+2. The Morgan fingerprint density at radius 2 is 0.333 bits per heavy atom. The molecule has 18 nitrogen and oxygen atoms in total. The van der Waals surface area contributed by atoms with Crippen LogP contribution < -0.4 is 21.7 Å². The molecule has 154 valence electrons. The molecule has 0 aromatic carbocycles. The van der Waals surface area contributed by atoms with E-state index in [9.17, 15) is 0 Å². The molecule has 0 unspecified atom stereocenters. The van der Waals surface area contributed by atoms with Gasteiger partial charge in [0.2, 0.25) is 0 Å². The van der Waals surface area contributed by atoms with Crippen molar-refractivity contribution in [2.75, 3.05) is 0 Å². The van der Waals surface area contributed by atoms with E-state index in [1.807, 2.05) is 0 Å². The van der Waals surface area contributed by atoms with Gasteiger partial charge in [0, 0.05) is 0 Å². The predicted molar refractivity (Wildman–Crippen MR) is 19.7 cm³/mol. The van der Waals surface area contributed by atoms with Gasteiger partial charge in [-0.3, -0.25) is 0 Å². The van der Waals surface area contributed by atoms with E-state index >= 15 is 0 Å². The molecule has 27 heteroatoms. The third-order valence-electron chi connectivity index (χ3n) is 0. The quantitative estimate of drug-likeness (QED) is 0.203. The van der Waals surface area contributed by atoms with Crippen LogP contribution in [0, 0.1) is 0 Å². The first kappa shape index (κ1) is 57.6. The number of hydrogen-bond acceptors (Lipinski definition) is 18. The maximum Gasteiger partial charge on any atom is 2.00 e. The topological polar surface area (TPSA) is 343 Å². The molecule has 0 rings (SSSR count). The van der Waals surface area contributed by atoms with Gasteiger partial charge in [0.05, 0.1) is 0 Å². The molecule has 0 fully saturated rings. The van der Waals surface area contributed by atoms with E-state index in [4.69, 9.17) is 60.7 Å². The molecule has 0 aliphatic heterocycles. The summed E-state index contributed by atoms with van der Waals surface area (Å²) in [6.07, 6.45) is 0. The molecule has 2 radical (unpaired) electrons. The summed E-state index contributed by atoms with van der Waals surface area (Å²) in [5, 5.41) is 0. The average Bonchev–Trinajstić information content (AvgIpc) is 2.08. The molecule has 0 N–H and O–H groups in total. The monoisotopic (exact) mass is 1140 g/mol. The fourth-order valence-electron chi connectivity index (χ4n) is 0. The minimum atomic E-state index is -4.20. The average molecular weight is 1140 g/mol. The van der Waals surface area contributed by atoms with Gasteiger partial charge in [-0.25, -0.2) is 0 Å². The zero-order valence-corrected chi connectivity index (χ0v) is 31.0. The first-order valence-corrected chi connectivity index (χ1v) is 19.4. The first-order chi connectivity index (χ1) is 10.4. The molecule has 0 atom stereocenters. The molecule has 0 amide bonds. The van der Waals surface area contributed by atoms with Crippen molar-refractivity contribution in [3.05, 3.63) is 0 Å². The van der Waals surface area contributed by atoms with E-state index in [1.165, 1.54) is 0 Å². The molecule has 27 heavy (non-hydrogen) atoms. The summed E-state index contributed by atoms with van der Waals surface area (Å²) < 4.78 is 155. The fourth-order valence-corrected chi connectivity index (χ4v) is 0. The van der Waals surface area contributed by atoms with Crippen LogP contribution in [-0.4, -0.2) is 50.4 Å². The second-order valence-corrected chi connectivity index (χ2v) is 7.94. The van der Waals surface area contributed by atoms with Crippen LogP contribution in [-0.2, 0) is 168 Å². The molecule has 0 aromatic heterocycles. The molecule has 0 bridgehead atoms. The van der Waals surface area contributed by atoms with Crippen molar-refractivity contribution < 1.29 is 190 Å². The summed E-state index contributed by atoms with van der Waals surface area (Å²) in [6, 6.07) is 0. The Morgan fingerprint density at radius 3 is 0.333 bits per heavy atom. The second-order valence-electron chi connectivity index (χ2n) is 1.34. The number of hydrogen-bond donors (Lipinski definition) is 0. The Hall–Kier alpha value is 3.98. The van der Waals surface area contributed by atoms with Crippen molar-refractivity contribution in [3.63, 3.8) is 0 Å². The summed E-state index contributed by atoms with van der Waals surface area (Å²) in [5.41, 5.74) is 0. The van der Waals surface area contributed by atoms with Crippen molar-refractivity contribution in [3.8, 4) is 0 Å². The molecule has 0 saturated carbocycles. The minimum Gasteiger partial charge on any atom is 2.00 e. The van der Waals surface area contributed by atoms with Crippen LogP contribution in [0.2, 0.25) is 0 Å². The van der Waals surface area contributed by atoms with Crippen molar-refractivity contribution in [1.29, 1.82) is 0 Å². The van der Waals surface area contributed by atoms with E-state index in [0.717, 1.165) is 0 Å². The molecule has 0 saturated heterocycles. The van der Waals surface area contributed by atoms with E-state index < -0.39 is 113 Å². The molecule has 0 aliphatic carbocycles. The van der Waals surface area contributed by atoms with Gasteiger partial charge in [-0.1, -0.05) is 0 Å². The van der Waals surface area contributed by atoms with Gasteiger partial charge in [-0.15, -0.1) is 0 Å². The zero-order chi connectivity index (χ0) is 21.5. The van der Waals surface area contributed by atoms with Crippen LogP contribution in [0.5, 0.6) is 0 Å². The zero-order valence-electron chi connectivity index (χ0n) is 11.6. The largest absolute Gasteiger partial charge is 2.00 e. The van der Waals surface area contributed by atoms with Gasteiger partial charge in [-0.05, 0) is 0 Å². The van der Waals surface area contributed by atoms with Crippen molar-refractivity contribution in [2.45, 2.75) is 0 Å². The minimum absolute atomic E-state index is 0. The van der Waals surface area contributed by atoms with E-state index in [2.05, 4.69) is 0 Å². The van der Waals surface area contributed by atoms with Gasteiger partial charge < -0.3 is 0 Å². The summed E-state index contributed by atoms with van der Waals surface area (Å²) in [5.74, 6) is 0. The van der Waals surface area contributed by atoms with Gasteiger partial charge in [0.25, 0.3) is 0 Å².